The summed E-state index contributed by atoms with van der Waals surface area (Å²) >= 11 is 0. The second-order valence-electron chi connectivity index (χ2n) is 8.14. The van der Waals surface area contributed by atoms with E-state index < -0.39 is 5.63 Å². The molecule has 0 spiro atoms. The van der Waals surface area contributed by atoms with Crippen molar-refractivity contribution in [1.29, 1.82) is 0 Å². The molecule has 0 bridgehead atoms. The molecule has 0 fully saturated rings. The Labute approximate surface area is 202 Å². The molecule has 35 heavy (non-hydrogen) atoms. The van der Waals surface area contributed by atoms with Gasteiger partial charge in [-0.2, -0.15) is 5.10 Å². The van der Waals surface area contributed by atoms with E-state index in [9.17, 15) is 9.59 Å². The molecule has 1 aliphatic rings. The molecular weight excluding hydrogens is 444 g/mol. The van der Waals surface area contributed by atoms with Crippen LogP contribution in [-0.4, -0.2) is 25.4 Å². The molecule has 4 aromatic rings. The Balaban J connectivity index is 1.56. The number of hydrogen-bond acceptors (Lipinski definition) is 7. The fourth-order valence-corrected chi connectivity index (χ4v) is 4.24. The van der Waals surface area contributed by atoms with E-state index in [0.29, 0.717) is 41.2 Å². The highest BCUT2D eigenvalue weighted by molar-refractivity contribution is 6.04. The van der Waals surface area contributed by atoms with Crippen LogP contribution in [0.3, 0.4) is 0 Å². The van der Waals surface area contributed by atoms with Gasteiger partial charge in [0.05, 0.1) is 42.3 Å². The van der Waals surface area contributed by atoms with E-state index in [-0.39, 0.29) is 12.0 Å². The van der Waals surface area contributed by atoms with Gasteiger partial charge in [-0.05, 0) is 61.0 Å². The lowest BCUT2D eigenvalue weighted by Gasteiger charge is -2.24. The lowest BCUT2D eigenvalue weighted by Crippen LogP contribution is -2.18. The van der Waals surface area contributed by atoms with Crippen LogP contribution in [0.2, 0.25) is 0 Å². The lowest BCUT2D eigenvalue weighted by atomic mass is 9.98. The molecule has 0 radical (unpaired) electrons. The number of carbonyl (C=O) groups excluding carboxylic acids is 1. The van der Waals surface area contributed by atoms with Crippen molar-refractivity contribution in [3.05, 3.63) is 106 Å². The van der Waals surface area contributed by atoms with Gasteiger partial charge in [-0.1, -0.05) is 30.3 Å². The molecule has 1 atom stereocenters. The van der Waals surface area contributed by atoms with E-state index in [0.717, 1.165) is 16.6 Å². The molecule has 7 heteroatoms. The summed E-state index contributed by atoms with van der Waals surface area (Å²) in [6.45, 7) is 2.09. The van der Waals surface area contributed by atoms with Crippen LogP contribution in [0.1, 0.15) is 40.9 Å². The molecule has 7 nitrogen and oxygen atoms in total. The highest BCUT2D eigenvalue weighted by Gasteiger charge is 2.31. The number of hydrazone groups is 1. The predicted molar refractivity (Wildman–Crippen MR) is 134 cm³/mol. The first-order chi connectivity index (χ1) is 17.1. The van der Waals surface area contributed by atoms with Crippen molar-refractivity contribution in [3.63, 3.8) is 0 Å². The van der Waals surface area contributed by atoms with Gasteiger partial charge in [-0.25, -0.2) is 9.59 Å². The molecule has 5 rings (SSSR count). The van der Waals surface area contributed by atoms with Crippen molar-refractivity contribution in [2.45, 2.75) is 19.4 Å². The van der Waals surface area contributed by atoms with Crippen molar-refractivity contribution in [1.82, 2.24) is 0 Å². The maximum absolute atomic E-state index is 12.9. The fraction of sp³-hybridized carbons (Fsp3) is 0.179. The number of anilines is 1. The van der Waals surface area contributed by atoms with E-state index in [2.05, 4.69) is 0 Å². The van der Waals surface area contributed by atoms with Gasteiger partial charge in [0.1, 0.15) is 11.3 Å². The quantitative estimate of drug-likeness (QED) is 0.281. The number of nitrogens with zero attached hydrogens (tertiary/aromatic N) is 2. The molecule has 176 valence electrons. The maximum atomic E-state index is 12.9. The van der Waals surface area contributed by atoms with Crippen molar-refractivity contribution in [3.8, 4) is 5.75 Å². The Morgan fingerprint density at radius 3 is 2.54 bits per heavy atom. The van der Waals surface area contributed by atoms with Crippen LogP contribution >= 0.6 is 0 Å². The number of ether oxygens (including phenoxy) is 2. The molecule has 1 aliphatic heterocycles. The Morgan fingerprint density at radius 1 is 1.06 bits per heavy atom. The van der Waals surface area contributed by atoms with Gasteiger partial charge < -0.3 is 13.9 Å². The van der Waals surface area contributed by atoms with Crippen molar-refractivity contribution in [2.75, 3.05) is 18.7 Å². The summed E-state index contributed by atoms with van der Waals surface area (Å²) < 4.78 is 16.0. The number of fused-ring (bicyclic) bond motifs is 1. The monoisotopic (exact) mass is 468 g/mol. The summed E-state index contributed by atoms with van der Waals surface area (Å²) in [5, 5.41) is 7.49. The average molecular weight is 469 g/mol. The van der Waals surface area contributed by atoms with Crippen LogP contribution in [0.25, 0.3) is 11.0 Å². The second-order valence-corrected chi connectivity index (χ2v) is 8.14. The van der Waals surface area contributed by atoms with Gasteiger partial charge in [0, 0.05) is 11.8 Å². The van der Waals surface area contributed by atoms with Gasteiger partial charge in [-0.3, -0.25) is 5.01 Å². The summed E-state index contributed by atoms with van der Waals surface area (Å²) in [6.07, 6.45) is 0.518. The summed E-state index contributed by atoms with van der Waals surface area (Å²) in [4.78, 5) is 25.0. The third-order valence-electron chi connectivity index (χ3n) is 5.99. The third kappa shape index (κ3) is 4.40. The molecule has 0 aliphatic carbocycles. The zero-order valence-corrected chi connectivity index (χ0v) is 19.4. The standard InChI is InChI=1S/C28H24N2O5/c1-3-34-27(31)19-9-11-21(12-10-19)30-25(18-7-5-4-6-8-18)17-24(29-30)23-16-20-15-22(33-2)13-14-26(20)35-28(23)32/h4-16,25H,3,17H2,1-2H3. The number of esters is 1. The van der Waals surface area contributed by atoms with Crippen LogP contribution in [0.5, 0.6) is 5.75 Å². The second kappa shape index (κ2) is 9.46. The normalized spacial score (nSPS) is 15.2. The molecule has 0 amide bonds. The fourth-order valence-electron chi connectivity index (χ4n) is 4.24. The van der Waals surface area contributed by atoms with Gasteiger partial charge >= 0.3 is 11.6 Å². The number of benzene rings is 3. The Bertz CT molecular complexity index is 1460. The number of rotatable bonds is 6. The Hall–Kier alpha value is -4.39. The van der Waals surface area contributed by atoms with Crippen LogP contribution in [0.4, 0.5) is 5.69 Å². The third-order valence-corrected chi connectivity index (χ3v) is 5.99. The Kier molecular flexibility index (Phi) is 6.06. The highest BCUT2D eigenvalue weighted by atomic mass is 16.5. The minimum atomic E-state index is -0.437. The molecular formula is C28H24N2O5. The number of carbonyl (C=O) groups is 1. The predicted octanol–water partition coefficient (Wildman–Crippen LogP) is 5.33. The first-order valence-corrected chi connectivity index (χ1v) is 11.4. The van der Waals surface area contributed by atoms with E-state index in [1.807, 2.05) is 53.5 Å². The SMILES string of the molecule is CCOC(=O)c1ccc(N2N=C(c3cc4cc(OC)ccc4oc3=O)CC2c2ccccc2)cc1. The average Bonchev–Trinajstić information content (AvgIpc) is 3.34. The molecule has 0 saturated heterocycles. The van der Waals surface area contributed by atoms with Gasteiger partial charge in [0.2, 0.25) is 0 Å². The topological polar surface area (TPSA) is 81.3 Å². The van der Waals surface area contributed by atoms with E-state index in [4.69, 9.17) is 19.0 Å². The summed E-state index contributed by atoms with van der Waals surface area (Å²) in [5.41, 5.74) is 3.43. The van der Waals surface area contributed by atoms with Crippen LogP contribution in [0, 0.1) is 0 Å². The van der Waals surface area contributed by atoms with E-state index in [1.54, 1.807) is 44.4 Å². The molecule has 1 aromatic heterocycles. The minimum absolute atomic E-state index is 0.125. The highest BCUT2D eigenvalue weighted by Crippen LogP contribution is 2.36. The smallest absolute Gasteiger partial charge is 0.345 e. The van der Waals surface area contributed by atoms with Gasteiger partial charge in [-0.15, -0.1) is 0 Å². The molecule has 2 heterocycles. The van der Waals surface area contributed by atoms with E-state index in [1.165, 1.54) is 0 Å². The van der Waals surface area contributed by atoms with E-state index >= 15 is 0 Å². The molecule has 3 aromatic carbocycles. The van der Waals surface area contributed by atoms with Gasteiger partial charge in [0.15, 0.2) is 0 Å². The number of hydrogen-bond donors (Lipinski definition) is 0. The summed E-state index contributed by atoms with van der Waals surface area (Å²) in [6, 6.07) is 24.1. The van der Waals surface area contributed by atoms with Crippen LogP contribution in [0.15, 0.2) is 93.2 Å². The maximum Gasteiger partial charge on any atom is 0.345 e. The zero-order valence-electron chi connectivity index (χ0n) is 19.4. The molecule has 0 N–H and O–H groups in total. The van der Waals surface area contributed by atoms with Crippen molar-refractivity contribution >= 4 is 28.3 Å². The molecule has 0 saturated carbocycles. The van der Waals surface area contributed by atoms with Gasteiger partial charge in [0.25, 0.3) is 0 Å². The lowest BCUT2D eigenvalue weighted by molar-refractivity contribution is 0.0526. The first-order valence-electron chi connectivity index (χ1n) is 11.4. The van der Waals surface area contributed by atoms with Crippen molar-refractivity contribution in [2.24, 2.45) is 5.10 Å². The van der Waals surface area contributed by atoms with Crippen LogP contribution < -0.4 is 15.4 Å². The van der Waals surface area contributed by atoms with Crippen molar-refractivity contribution < 1.29 is 18.7 Å². The first kappa shape index (κ1) is 22.4. The summed E-state index contributed by atoms with van der Waals surface area (Å²) in [7, 11) is 1.60. The molecule has 1 unspecified atom stereocenters. The summed E-state index contributed by atoms with van der Waals surface area (Å²) in [5.74, 6) is 0.310. The zero-order chi connectivity index (χ0) is 24.4. The Morgan fingerprint density at radius 2 is 1.83 bits per heavy atom. The largest absolute Gasteiger partial charge is 0.497 e. The van der Waals surface area contributed by atoms with Crippen LogP contribution in [-0.2, 0) is 4.74 Å². The minimum Gasteiger partial charge on any atom is -0.497 e. The number of methoxy groups -OCH3 is 1.